The van der Waals surface area contributed by atoms with E-state index in [1.165, 1.54) is 32.6 Å². The molecule has 0 saturated carbocycles. The average molecular weight is 494 g/mol. The zero-order chi connectivity index (χ0) is 24.4. The number of aromatic hydroxyl groups is 1. The van der Waals surface area contributed by atoms with Crippen LogP contribution in [-0.4, -0.2) is 69.4 Å². The number of nitrogens with zero attached hydrogens (tertiary/aromatic N) is 3. The van der Waals surface area contributed by atoms with E-state index in [0.29, 0.717) is 30.5 Å². The van der Waals surface area contributed by atoms with Crippen LogP contribution in [0.25, 0.3) is 0 Å². The smallest absolute Gasteiger partial charge is 0.294 e. The van der Waals surface area contributed by atoms with Crippen LogP contribution < -0.4 is 5.56 Å². The predicted octanol–water partition coefficient (Wildman–Crippen LogP) is 1.75. The molecule has 34 heavy (non-hydrogen) atoms. The summed E-state index contributed by atoms with van der Waals surface area (Å²) in [6.45, 7) is 0.927. The van der Waals surface area contributed by atoms with Crippen LogP contribution in [0.5, 0.6) is 5.75 Å². The van der Waals surface area contributed by atoms with Crippen LogP contribution in [0.1, 0.15) is 44.8 Å². The number of fused-ring (bicyclic) bond motifs is 3. The van der Waals surface area contributed by atoms with E-state index in [2.05, 4.69) is 0 Å². The molecule has 0 unspecified atom stereocenters. The van der Waals surface area contributed by atoms with Gasteiger partial charge in [0.1, 0.15) is 18.3 Å². The van der Waals surface area contributed by atoms with E-state index in [9.17, 15) is 23.9 Å². The molecule has 1 aromatic carbocycles. The number of aromatic nitrogens is 1. The van der Waals surface area contributed by atoms with Crippen LogP contribution in [0.3, 0.4) is 0 Å². The van der Waals surface area contributed by atoms with Crippen molar-refractivity contribution in [1.82, 2.24) is 14.4 Å². The maximum Gasteiger partial charge on any atom is 0.294 e. The number of rotatable bonds is 6. The van der Waals surface area contributed by atoms with E-state index in [-0.39, 0.29) is 55.5 Å². The van der Waals surface area contributed by atoms with E-state index >= 15 is 0 Å². The largest absolute Gasteiger partial charge is 0.502 e. The Kier molecular flexibility index (Phi) is 7.20. The molecule has 0 atom stereocenters. The predicted molar refractivity (Wildman–Crippen MR) is 120 cm³/mol. The summed E-state index contributed by atoms with van der Waals surface area (Å²) in [7, 11) is 0. The molecule has 2 aliphatic rings. The summed E-state index contributed by atoms with van der Waals surface area (Å²) >= 11 is 5.85. The zero-order valence-electron chi connectivity index (χ0n) is 18.4. The lowest BCUT2D eigenvalue weighted by molar-refractivity contribution is -0.00933. The molecule has 4 rings (SSSR count). The summed E-state index contributed by atoms with van der Waals surface area (Å²) < 4.78 is 19.7. The Balaban J connectivity index is 1.72. The van der Waals surface area contributed by atoms with Crippen molar-refractivity contribution in [2.24, 2.45) is 0 Å². The third-order valence-corrected chi connectivity index (χ3v) is 6.47. The molecule has 11 heteroatoms. The molecule has 0 radical (unpaired) electrons. The summed E-state index contributed by atoms with van der Waals surface area (Å²) in [5, 5.41) is 19.5. The molecule has 0 bridgehead atoms. The van der Waals surface area contributed by atoms with Crippen LogP contribution >= 0.6 is 11.6 Å². The minimum Gasteiger partial charge on any atom is -0.502 e. The number of hydrogen-bond donors (Lipinski definition) is 2. The number of aliphatic hydroxyl groups excluding tert-OH is 1. The molecule has 182 valence electrons. The molecule has 0 spiro atoms. The zero-order valence-corrected chi connectivity index (χ0v) is 19.2. The molecule has 3 heterocycles. The van der Waals surface area contributed by atoms with Crippen molar-refractivity contribution >= 4 is 23.4 Å². The maximum atomic E-state index is 13.5. The fourth-order valence-corrected chi connectivity index (χ4v) is 4.69. The van der Waals surface area contributed by atoms with E-state index in [0.717, 1.165) is 0 Å². The van der Waals surface area contributed by atoms with E-state index in [1.54, 1.807) is 0 Å². The first-order valence-electron chi connectivity index (χ1n) is 11.0. The van der Waals surface area contributed by atoms with Gasteiger partial charge in [-0.3, -0.25) is 14.4 Å². The molecule has 0 aliphatic carbocycles. The first-order valence-corrected chi connectivity index (χ1v) is 11.4. The number of hydrogen-bond acceptors (Lipinski definition) is 6. The lowest BCUT2D eigenvalue weighted by Gasteiger charge is -2.33. The number of pyridine rings is 1. The lowest BCUT2D eigenvalue weighted by atomic mass is 9.94. The monoisotopic (exact) mass is 493 g/mol. The second-order valence-electron chi connectivity index (χ2n) is 8.27. The second kappa shape index (κ2) is 10.1. The molecular weight excluding hydrogens is 469 g/mol. The van der Waals surface area contributed by atoms with Gasteiger partial charge in [-0.05, 0) is 37.0 Å². The lowest BCUT2D eigenvalue weighted by Crippen LogP contribution is -2.45. The molecule has 9 nitrogen and oxygen atoms in total. The fraction of sp³-hybridized carbons (Fsp3) is 0.435. The number of halogens is 2. The maximum absolute atomic E-state index is 13.5. The van der Waals surface area contributed by atoms with Crippen molar-refractivity contribution in [3.63, 3.8) is 0 Å². The van der Waals surface area contributed by atoms with Crippen molar-refractivity contribution in [3.8, 4) is 5.75 Å². The van der Waals surface area contributed by atoms with Gasteiger partial charge in [-0.1, -0.05) is 17.7 Å². The van der Waals surface area contributed by atoms with Gasteiger partial charge in [0, 0.05) is 38.3 Å². The molecule has 2 aromatic rings. The van der Waals surface area contributed by atoms with Gasteiger partial charge >= 0.3 is 0 Å². The van der Waals surface area contributed by atoms with Crippen molar-refractivity contribution in [3.05, 3.63) is 61.8 Å². The second-order valence-corrected chi connectivity index (χ2v) is 8.68. The number of benzene rings is 1. The third kappa shape index (κ3) is 4.53. The number of amides is 2. The fourth-order valence-electron chi connectivity index (χ4n) is 4.48. The first-order chi connectivity index (χ1) is 16.3. The number of ether oxygens (including phenoxy) is 1. The van der Waals surface area contributed by atoms with Crippen LogP contribution in [-0.2, 0) is 24.2 Å². The normalized spacial score (nSPS) is 16.2. The Bertz CT molecular complexity index is 1180. The first kappa shape index (κ1) is 24.2. The highest BCUT2D eigenvalue weighted by Gasteiger charge is 2.36. The average Bonchev–Trinajstić information content (AvgIpc) is 2.81. The molecule has 1 aromatic heterocycles. The van der Waals surface area contributed by atoms with Gasteiger partial charge in [-0.15, -0.1) is 0 Å². The van der Waals surface area contributed by atoms with Crippen molar-refractivity contribution in [2.75, 3.05) is 33.0 Å². The van der Waals surface area contributed by atoms with Gasteiger partial charge in [0.2, 0.25) is 0 Å². The van der Waals surface area contributed by atoms with Gasteiger partial charge in [0.15, 0.2) is 5.75 Å². The van der Waals surface area contributed by atoms with Gasteiger partial charge in [-0.25, -0.2) is 4.39 Å². The standard InChI is InChI=1S/C23H25ClFN3O6/c24-16-11-14(3-4-17(16)25)12-27-8-5-15-18(21(27)31)20(30)23(33)28-7-2-1-6-26(9-10-34-13-29)22(32)19(15)28/h3-4,11,29-30H,1-2,5-10,12-13H2. The molecule has 2 N–H and O–H groups in total. The minimum atomic E-state index is -0.782. The Hall–Kier alpha value is -2.95. The SMILES string of the molecule is O=C1c2c(c3n(c(=O)c2O)CCCCN(CCOCO)C3=O)CCN1Cc1ccc(F)c(Cl)c1. The van der Waals surface area contributed by atoms with Crippen LogP contribution in [0.4, 0.5) is 4.39 Å². The molecule has 2 aliphatic heterocycles. The van der Waals surface area contributed by atoms with Gasteiger partial charge in [-0.2, -0.15) is 0 Å². The molecule has 2 amide bonds. The quantitative estimate of drug-likeness (QED) is 0.468. The topological polar surface area (TPSA) is 112 Å². The van der Waals surface area contributed by atoms with Crippen LogP contribution in [0.15, 0.2) is 23.0 Å². The minimum absolute atomic E-state index is 0.0688. The summed E-state index contributed by atoms with van der Waals surface area (Å²) in [5.74, 6) is -2.24. The Morgan fingerprint density at radius 3 is 2.56 bits per heavy atom. The number of carbonyl (C=O) groups excluding carboxylic acids is 2. The summed E-state index contributed by atoms with van der Waals surface area (Å²) in [4.78, 5) is 42.8. The highest BCUT2D eigenvalue weighted by molar-refractivity contribution is 6.30. The van der Waals surface area contributed by atoms with Crippen LogP contribution in [0.2, 0.25) is 5.02 Å². The molecule has 0 saturated heterocycles. The Morgan fingerprint density at radius 2 is 1.82 bits per heavy atom. The van der Waals surface area contributed by atoms with Crippen molar-refractivity contribution < 1.29 is 28.9 Å². The highest BCUT2D eigenvalue weighted by atomic mass is 35.5. The van der Waals surface area contributed by atoms with E-state index in [4.69, 9.17) is 21.4 Å². The van der Waals surface area contributed by atoms with E-state index < -0.39 is 35.7 Å². The highest BCUT2D eigenvalue weighted by Crippen LogP contribution is 2.30. The third-order valence-electron chi connectivity index (χ3n) is 6.18. The number of carbonyl (C=O) groups is 2. The van der Waals surface area contributed by atoms with E-state index in [1.807, 2.05) is 0 Å². The van der Waals surface area contributed by atoms with Crippen LogP contribution in [0, 0.1) is 5.82 Å². The van der Waals surface area contributed by atoms with Gasteiger partial charge < -0.3 is 29.3 Å². The molecular formula is C23H25ClFN3O6. The Morgan fingerprint density at radius 1 is 1.06 bits per heavy atom. The number of aliphatic hydroxyl groups is 1. The van der Waals surface area contributed by atoms with Gasteiger partial charge in [0.05, 0.1) is 17.2 Å². The summed E-state index contributed by atoms with van der Waals surface area (Å²) in [6.07, 6.45) is 1.52. The van der Waals surface area contributed by atoms with Gasteiger partial charge in [0.25, 0.3) is 17.4 Å². The summed E-state index contributed by atoms with van der Waals surface area (Å²) in [6, 6.07) is 4.14. The van der Waals surface area contributed by atoms with Crippen molar-refractivity contribution in [2.45, 2.75) is 32.4 Å². The molecule has 0 fully saturated rings. The summed E-state index contributed by atoms with van der Waals surface area (Å²) in [5.41, 5.74) is 0.0957. The van der Waals surface area contributed by atoms with Crippen molar-refractivity contribution in [1.29, 1.82) is 0 Å². The Labute approximate surface area is 199 Å².